The van der Waals surface area contributed by atoms with Crippen molar-refractivity contribution in [1.82, 2.24) is 10.6 Å². The molecule has 166 valence electrons. The monoisotopic (exact) mass is 449 g/mol. The van der Waals surface area contributed by atoms with Gasteiger partial charge in [0, 0.05) is 6.54 Å². The van der Waals surface area contributed by atoms with Crippen molar-refractivity contribution in [2.75, 3.05) is 18.0 Å². The summed E-state index contributed by atoms with van der Waals surface area (Å²) in [6, 6.07) is 2.27. The van der Waals surface area contributed by atoms with E-state index < -0.39 is 42.7 Å². The maximum absolute atomic E-state index is 12.8. The summed E-state index contributed by atoms with van der Waals surface area (Å²) < 4.78 is 38.3. The highest BCUT2D eigenvalue weighted by molar-refractivity contribution is 6.43. The molecule has 0 radical (unpaired) electrons. The molecule has 2 amide bonds. The summed E-state index contributed by atoms with van der Waals surface area (Å²) in [5.74, 6) is -1.80. The average molecular weight is 450 g/mol. The highest BCUT2D eigenvalue weighted by atomic mass is 35.5. The summed E-state index contributed by atoms with van der Waals surface area (Å²) in [5.41, 5.74) is -0.572. The Balaban J connectivity index is 1.93. The summed E-state index contributed by atoms with van der Waals surface area (Å²) in [7, 11) is -1.73. The van der Waals surface area contributed by atoms with Crippen LogP contribution in [0.1, 0.15) is 32.3 Å². The van der Waals surface area contributed by atoms with Crippen molar-refractivity contribution in [3.8, 4) is 0 Å². The lowest BCUT2D eigenvalue weighted by atomic mass is 9.75. The van der Waals surface area contributed by atoms with Crippen molar-refractivity contribution < 1.29 is 32.8 Å². The van der Waals surface area contributed by atoms with Crippen molar-refractivity contribution in [3.05, 3.63) is 28.8 Å². The van der Waals surface area contributed by atoms with Gasteiger partial charge in [-0.25, -0.2) is 0 Å². The molecule has 1 aliphatic rings. The Morgan fingerprint density at radius 2 is 2.00 bits per heavy atom. The van der Waals surface area contributed by atoms with Crippen LogP contribution in [0.5, 0.6) is 0 Å². The minimum Gasteiger partial charge on any atom is -0.426 e. The summed E-state index contributed by atoms with van der Waals surface area (Å²) in [6.45, 7) is 3.79. The van der Waals surface area contributed by atoms with Crippen molar-refractivity contribution in [2.45, 2.75) is 44.8 Å². The van der Waals surface area contributed by atoms with Gasteiger partial charge in [0.05, 0.1) is 28.8 Å². The Bertz CT molecular complexity index is 780. The van der Waals surface area contributed by atoms with Crippen LogP contribution in [0.15, 0.2) is 18.2 Å². The smallest absolute Gasteiger partial charge is 0.426 e. The van der Waals surface area contributed by atoms with Crippen LogP contribution < -0.4 is 15.5 Å². The minimum absolute atomic E-state index is 0.115. The Hall–Kier alpha value is -1.98. The fourth-order valence-electron chi connectivity index (χ4n) is 3.17. The predicted molar refractivity (Wildman–Crippen MR) is 107 cm³/mol. The minimum atomic E-state index is -4.52. The van der Waals surface area contributed by atoms with Gasteiger partial charge in [-0.2, -0.15) is 13.2 Å². The van der Waals surface area contributed by atoms with E-state index in [1.54, 1.807) is 4.90 Å². The number of hydrogen-bond acceptors (Lipinski definition) is 5. The standard InChI is InChI=1S/C18H24BClF3N3O4/c1-10(2)7-15(19(29)30)25-16(27)9-24-17(28)14-5-6-26(14)13-4-3-11(8-12(13)20)18(21,22)23/h3-4,8,10,14-15,29-30H,5-7,9H2,1-2H3,(H,24,28)(H,25,27)/t14-,15?/m0/s1. The molecule has 0 aromatic heterocycles. The molecular formula is C18H24BClF3N3O4. The number of alkyl halides is 3. The largest absolute Gasteiger partial charge is 0.475 e. The van der Waals surface area contributed by atoms with E-state index in [9.17, 15) is 32.8 Å². The maximum Gasteiger partial charge on any atom is 0.475 e. The van der Waals surface area contributed by atoms with Gasteiger partial charge in [-0.1, -0.05) is 25.4 Å². The number of rotatable bonds is 8. The average Bonchev–Trinajstić information content (AvgIpc) is 2.58. The lowest BCUT2D eigenvalue weighted by molar-refractivity contribution is -0.137. The molecule has 1 fully saturated rings. The molecular weight excluding hydrogens is 425 g/mol. The van der Waals surface area contributed by atoms with Crippen LogP contribution >= 0.6 is 11.6 Å². The van der Waals surface area contributed by atoms with E-state index in [4.69, 9.17) is 11.6 Å². The number of carbonyl (C=O) groups excluding carboxylic acids is 2. The van der Waals surface area contributed by atoms with Gasteiger partial charge in [0.15, 0.2) is 0 Å². The van der Waals surface area contributed by atoms with Gasteiger partial charge < -0.3 is 25.6 Å². The van der Waals surface area contributed by atoms with Crippen LogP contribution in [0.25, 0.3) is 0 Å². The van der Waals surface area contributed by atoms with Gasteiger partial charge in [-0.3, -0.25) is 9.59 Å². The third-order valence-corrected chi connectivity index (χ3v) is 5.06. The number of carbonyl (C=O) groups is 2. The molecule has 0 bridgehead atoms. The molecule has 1 saturated heterocycles. The molecule has 1 unspecified atom stereocenters. The fourth-order valence-corrected chi connectivity index (χ4v) is 3.46. The van der Waals surface area contributed by atoms with E-state index in [1.807, 2.05) is 13.8 Å². The van der Waals surface area contributed by atoms with Gasteiger partial charge in [0.2, 0.25) is 11.8 Å². The fraction of sp³-hybridized carbons (Fsp3) is 0.556. The molecule has 4 N–H and O–H groups in total. The van der Waals surface area contributed by atoms with E-state index in [0.717, 1.165) is 12.1 Å². The quantitative estimate of drug-likeness (QED) is 0.452. The molecule has 2 rings (SSSR count). The number of anilines is 1. The van der Waals surface area contributed by atoms with E-state index in [0.29, 0.717) is 25.1 Å². The topological polar surface area (TPSA) is 102 Å². The summed E-state index contributed by atoms with van der Waals surface area (Å²) in [6.07, 6.45) is -3.72. The van der Waals surface area contributed by atoms with Crippen molar-refractivity contribution >= 4 is 36.2 Å². The number of halogens is 4. The molecule has 1 aliphatic heterocycles. The number of nitrogens with zero attached hydrogens (tertiary/aromatic N) is 1. The number of hydrogen-bond donors (Lipinski definition) is 4. The summed E-state index contributed by atoms with van der Waals surface area (Å²) in [4.78, 5) is 26.0. The van der Waals surface area contributed by atoms with Gasteiger partial charge in [0.25, 0.3) is 0 Å². The van der Waals surface area contributed by atoms with Crippen LogP contribution in [-0.4, -0.2) is 54.1 Å². The molecule has 0 aliphatic carbocycles. The van der Waals surface area contributed by atoms with Crippen molar-refractivity contribution in [3.63, 3.8) is 0 Å². The first-order valence-corrected chi connectivity index (χ1v) is 9.84. The van der Waals surface area contributed by atoms with Gasteiger partial charge >= 0.3 is 13.3 Å². The van der Waals surface area contributed by atoms with Gasteiger partial charge in [0.1, 0.15) is 6.04 Å². The van der Waals surface area contributed by atoms with Gasteiger partial charge in [-0.15, -0.1) is 0 Å². The van der Waals surface area contributed by atoms with Crippen LogP contribution in [-0.2, 0) is 15.8 Å². The summed E-state index contributed by atoms with van der Waals surface area (Å²) >= 11 is 5.98. The van der Waals surface area contributed by atoms with E-state index >= 15 is 0 Å². The van der Waals surface area contributed by atoms with E-state index in [2.05, 4.69) is 10.6 Å². The normalized spacial score (nSPS) is 17.4. The van der Waals surface area contributed by atoms with Gasteiger partial charge in [-0.05, 0) is 37.0 Å². The highest BCUT2D eigenvalue weighted by Gasteiger charge is 2.37. The molecule has 2 atom stereocenters. The van der Waals surface area contributed by atoms with Crippen molar-refractivity contribution in [2.24, 2.45) is 5.92 Å². The third-order valence-electron chi connectivity index (χ3n) is 4.76. The molecule has 0 spiro atoms. The number of amides is 2. The lowest BCUT2D eigenvalue weighted by Crippen LogP contribution is -2.58. The molecule has 0 saturated carbocycles. The first kappa shape index (κ1) is 24.3. The SMILES string of the molecule is CC(C)CC(NC(=O)CNC(=O)[C@@H]1CCN1c1ccc(C(F)(F)F)cc1Cl)B(O)O. The Morgan fingerprint density at radius 3 is 2.47 bits per heavy atom. The van der Waals surface area contributed by atoms with Crippen LogP contribution in [0.3, 0.4) is 0 Å². The zero-order chi connectivity index (χ0) is 22.6. The van der Waals surface area contributed by atoms with E-state index in [1.165, 1.54) is 6.07 Å². The van der Waals surface area contributed by atoms with Crippen molar-refractivity contribution in [1.29, 1.82) is 0 Å². The van der Waals surface area contributed by atoms with Crippen LogP contribution in [0.4, 0.5) is 18.9 Å². The molecule has 1 aromatic rings. The van der Waals surface area contributed by atoms with Crippen LogP contribution in [0, 0.1) is 5.92 Å². The zero-order valence-electron chi connectivity index (χ0n) is 16.5. The third kappa shape index (κ3) is 6.26. The zero-order valence-corrected chi connectivity index (χ0v) is 17.3. The second-order valence-corrected chi connectivity index (χ2v) is 8.00. The Morgan fingerprint density at radius 1 is 1.33 bits per heavy atom. The van der Waals surface area contributed by atoms with E-state index in [-0.39, 0.29) is 17.5 Å². The second kappa shape index (κ2) is 9.89. The first-order chi connectivity index (χ1) is 13.9. The first-order valence-electron chi connectivity index (χ1n) is 9.46. The Labute approximate surface area is 177 Å². The molecule has 1 heterocycles. The molecule has 1 aromatic carbocycles. The number of nitrogens with one attached hydrogen (secondary N) is 2. The molecule has 12 heteroatoms. The maximum atomic E-state index is 12.8. The summed E-state index contributed by atoms with van der Waals surface area (Å²) in [5, 5.41) is 23.5. The lowest BCUT2D eigenvalue weighted by Gasteiger charge is -2.42. The number of benzene rings is 1. The van der Waals surface area contributed by atoms with Crippen LogP contribution in [0.2, 0.25) is 5.02 Å². The second-order valence-electron chi connectivity index (χ2n) is 7.60. The Kier molecular flexibility index (Phi) is 8.01. The molecule has 30 heavy (non-hydrogen) atoms. The highest BCUT2D eigenvalue weighted by Crippen LogP contribution is 2.37. The molecule has 7 nitrogen and oxygen atoms in total. The predicted octanol–water partition coefficient (Wildman–Crippen LogP) is 1.60.